The van der Waals surface area contributed by atoms with Crippen LogP contribution in [0.4, 0.5) is 0 Å². The molecule has 1 saturated carbocycles. The SMILES string of the molecule is Cc1ccc(OCc2ccc(-c3nc(C4(N)CCC4)no3)o2)c(C)c1. The Kier molecular flexibility index (Phi) is 3.84. The molecule has 0 radical (unpaired) electrons. The highest BCUT2D eigenvalue weighted by Crippen LogP contribution is 2.37. The lowest BCUT2D eigenvalue weighted by atomic mass is 9.77. The number of ether oxygens (including phenoxy) is 1. The predicted molar refractivity (Wildman–Crippen MR) is 92.0 cm³/mol. The topological polar surface area (TPSA) is 87.3 Å². The largest absolute Gasteiger partial charge is 0.485 e. The molecule has 0 spiro atoms. The first kappa shape index (κ1) is 15.9. The molecule has 0 bridgehead atoms. The van der Waals surface area contributed by atoms with Gasteiger partial charge in [-0.2, -0.15) is 4.98 Å². The van der Waals surface area contributed by atoms with E-state index in [-0.39, 0.29) is 0 Å². The normalized spacial score (nSPS) is 15.8. The predicted octanol–water partition coefficient (Wildman–Crippen LogP) is 3.86. The summed E-state index contributed by atoms with van der Waals surface area (Å²) in [5.41, 5.74) is 8.09. The van der Waals surface area contributed by atoms with Crippen LogP contribution in [-0.4, -0.2) is 10.1 Å². The molecule has 2 N–H and O–H groups in total. The van der Waals surface area contributed by atoms with E-state index in [4.69, 9.17) is 19.4 Å². The number of nitrogens with zero attached hydrogens (tertiary/aromatic N) is 2. The second kappa shape index (κ2) is 6.04. The first-order valence-electron chi connectivity index (χ1n) is 8.46. The van der Waals surface area contributed by atoms with Crippen LogP contribution in [0.1, 0.15) is 42.0 Å². The molecule has 1 aliphatic carbocycles. The molecule has 0 unspecified atom stereocenters. The van der Waals surface area contributed by atoms with Crippen LogP contribution in [0.3, 0.4) is 0 Å². The van der Waals surface area contributed by atoms with E-state index < -0.39 is 5.54 Å². The minimum Gasteiger partial charge on any atom is -0.485 e. The third-order valence-electron chi connectivity index (χ3n) is 4.69. The summed E-state index contributed by atoms with van der Waals surface area (Å²) in [6.07, 6.45) is 2.87. The number of aryl methyl sites for hydroxylation is 2. The van der Waals surface area contributed by atoms with E-state index in [1.807, 2.05) is 31.2 Å². The lowest BCUT2D eigenvalue weighted by Gasteiger charge is -2.34. The number of furan rings is 1. The van der Waals surface area contributed by atoms with Crippen molar-refractivity contribution in [2.24, 2.45) is 5.73 Å². The van der Waals surface area contributed by atoms with E-state index in [2.05, 4.69) is 23.1 Å². The zero-order valence-corrected chi connectivity index (χ0v) is 14.4. The average Bonchev–Trinajstić information content (AvgIpc) is 3.21. The monoisotopic (exact) mass is 339 g/mol. The lowest BCUT2D eigenvalue weighted by molar-refractivity contribution is 0.229. The van der Waals surface area contributed by atoms with Crippen LogP contribution in [0.5, 0.6) is 5.75 Å². The summed E-state index contributed by atoms with van der Waals surface area (Å²) in [4.78, 5) is 4.39. The number of aromatic nitrogens is 2. The molecular formula is C19H21N3O3. The summed E-state index contributed by atoms with van der Waals surface area (Å²) >= 11 is 0. The summed E-state index contributed by atoms with van der Waals surface area (Å²) in [5, 5.41) is 4.01. The van der Waals surface area contributed by atoms with Gasteiger partial charge in [-0.05, 0) is 56.9 Å². The summed E-state index contributed by atoms with van der Waals surface area (Å²) < 4.78 is 16.9. The molecule has 0 amide bonds. The fourth-order valence-electron chi connectivity index (χ4n) is 2.99. The van der Waals surface area contributed by atoms with Gasteiger partial charge in [0, 0.05) is 0 Å². The third kappa shape index (κ3) is 3.05. The van der Waals surface area contributed by atoms with Crippen LogP contribution >= 0.6 is 0 Å². The Morgan fingerprint density at radius 3 is 2.76 bits per heavy atom. The van der Waals surface area contributed by atoms with Gasteiger partial charge in [-0.25, -0.2) is 0 Å². The first-order valence-corrected chi connectivity index (χ1v) is 8.46. The van der Waals surface area contributed by atoms with Crippen molar-refractivity contribution in [3.63, 3.8) is 0 Å². The summed E-state index contributed by atoms with van der Waals surface area (Å²) in [6, 6.07) is 9.75. The fraction of sp³-hybridized carbons (Fsp3) is 0.368. The number of hydrogen-bond donors (Lipinski definition) is 1. The Hall–Kier alpha value is -2.60. The maximum atomic E-state index is 6.22. The highest BCUT2D eigenvalue weighted by atomic mass is 16.5. The van der Waals surface area contributed by atoms with Crippen molar-refractivity contribution in [1.29, 1.82) is 0 Å². The van der Waals surface area contributed by atoms with Gasteiger partial charge >= 0.3 is 0 Å². The summed E-state index contributed by atoms with van der Waals surface area (Å²) in [6.45, 7) is 4.42. The third-order valence-corrected chi connectivity index (χ3v) is 4.69. The van der Waals surface area contributed by atoms with Crippen molar-refractivity contribution in [3.05, 3.63) is 53.0 Å². The molecule has 0 atom stereocenters. The van der Waals surface area contributed by atoms with Gasteiger partial charge in [-0.15, -0.1) is 0 Å². The summed E-state index contributed by atoms with van der Waals surface area (Å²) in [5.74, 6) is 2.98. The average molecular weight is 339 g/mol. The van der Waals surface area contributed by atoms with Gasteiger partial charge in [0.05, 0.1) is 5.54 Å². The Morgan fingerprint density at radius 2 is 2.04 bits per heavy atom. The number of rotatable bonds is 5. The molecule has 1 aliphatic rings. The van der Waals surface area contributed by atoms with Crippen molar-refractivity contribution < 1.29 is 13.7 Å². The molecule has 130 valence electrons. The standard InChI is InChI=1S/C19H21N3O3/c1-12-4-6-15(13(2)10-12)23-11-14-5-7-16(24-14)17-21-18(22-25-17)19(20)8-3-9-19/h4-7,10H,3,8-9,11,20H2,1-2H3. The quantitative estimate of drug-likeness (QED) is 0.759. The molecule has 6 heteroatoms. The van der Waals surface area contributed by atoms with Gasteiger partial charge in [0.15, 0.2) is 11.6 Å². The van der Waals surface area contributed by atoms with Crippen LogP contribution in [-0.2, 0) is 12.1 Å². The Balaban J connectivity index is 1.45. The smallest absolute Gasteiger partial charge is 0.293 e. The highest BCUT2D eigenvalue weighted by molar-refractivity contribution is 5.44. The Labute approximate surface area is 146 Å². The molecule has 6 nitrogen and oxygen atoms in total. The van der Waals surface area contributed by atoms with Gasteiger partial charge in [0.25, 0.3) is 5.89 Å². The zero-order valence-electron chi connectivity index (χ0n) is 14.4. The van der Waals surface area contributed by atoms with E-state index in [1.54, 1.807) is 0 Å². The van der Waals surface area contributed by atoms with Gasteiger partial charge in [0.1, 0.15) is 18.1 Å². The molecular weight excluding hydrogens is 318 g/mol. The van der Waals surface area contributed by atoms with Gasteiger partial charge in [0.2, 0.25) is 0 Å². The molecule has 0 saturated heterocycles. The van der Waals surface area contributed by atoms with E-state index in [1.165, 1.54) is 5.56 Å². The Bertz CT molecular complexity index is 893. The Morgan fingerprint density at radius 1 is 1.20 bits per heavy atom. The number of hydrogen-bond acceptors (Lipinski definition) is 6. The lowest BCUT2D eigenvalue weighted by Crippen LogP contribution is -2.44. The molecule has 2 aromatic heterocycles. The number of benzene rings is 1. The van der Waals surface area contributed by atoms with E-state index >= 15 is 0 Å². The minimum absolute atomic E-state index is 0.339. The van der Waals surface area contributed by atoms with Crippen molar-refractivity contribution in [2.45, 2.75) is 45.3 Å². The molecule has 4 rings (SSSR count). The van der Waals surface area contributed by atoms with Crippen LogP contribution in [0, 0.1) is 13.8 Å². The molecule has 2 heterocycles. The van der Waals surface area contributed by atoms with Crippen molar-refractivity contribution in [2.75, 3.05) is 0 Å². The highest BCUT2D eigenvalue weighted by Gasteiger charge is 2.39. The van der Waals surface area contributed by atoms with Crippen LogP contribution < -0.4 is 10.5 Å². The van der Waals surface area contributed by atoms with Crippen LogP contribution in [0.25, 0.3) is 11.7 Å². The number of nitrogens with two attached hydrogens (primary N) is 1. The van der Waals surface area contributed by atoms with Crippen molar-refractivity contribution in [1.82, 2.24) is 10.1 Å². The summed E-state index contributed by atoms with van der Waals surface area (Å²) in [7, 11) is 0. The maximum absolute atomic E-state index is 6.22. The first-order chi connectivity index (χ1) is 12.0. The maximum Gasteiger partial charge on any atom is 0.293 e. The van der Waals surface area contributed by atoms with Crippen molar-refractivity contribution in [3.8, 4) is 17.4 Å². The second-order valence-corrected chi connectivity index (χ2v) is 6.76. The molecule has 25 heavy (non-hydrogen) atoms. The van der Waals surface area contributed by atoms with Gasteiger partial charge in [-0.1, -0.05) is 22.9 Å². The van der Waals surface area contributed by atoms with E-state index in [0.29, 0.717) is 29.8 Å². The zero-order chi connectivity index (χ0) is 17.4. The van der Waals surface area contributed by atoms with Crippen LogP contribution in [0.2, 0.25) is 0 Å². The van der Waals surface area contributed by atoms with Crippen LogP contribution in [0.15, 0.2) is 39.3 Å². The molecule has 0 aliphatic heterocycles. The minimum atomic E-state index is -0.441. The second-order valence-electron chi connectivity index (χ2n) is 6.76. The van der Waals surface area contributed by atoms with E-state index in [9.17, 15) is 0 Å². The van der Waals surface area contributed by atoms with E-state index in [0.717, 1.165) is 30.6 Å². The van der Waals surface area contributed by atoms with Gasteiger partial charge < -0.3 is 19.4 Å². The molecule has 1 aromatic carbocycles. The molecule has 3 aromatic rings. The fourth-order valence-corrected chi connectivity index (χ4v) is 2.99. The molecule has 1 fully saturated rings. The van der Waals surface area contributed by atoms with Gasteiger partial charge in [-0.3, -0.25) is 0 Å². The van der Waals surface area contributed by atoms with Crippen molar-refractivity contribution >= 4 is 0 Å².